The molecule has 5 nitrogen and oxygen atoms in total. The van der Waals surface area contributed by atoms with Crippen molar-refractivity contribution < 1.29 is 19.0 Å². The van der Waals surface area contributed by atoms with Gasteiger partial charge in [0.15, 0.2) is 11.5 Å². The molecule has 0 saturated heterocycles. The van der Waals surface area contributed by atoms with Gasteiger partial charge in [-0.15, -0.1) is 11.3 Å². The van der Waals surface area contributed by atoms with Crippen molar-refractivity contribution in [1.29, 1.82) is 0 Å². The maximum absolute atomic E-state index is 13.0. The number of fused-ring (bicyclic) bond motifs is 1. The Kier molecular flexibility index (Phi) is 4.31. The molecular weight excluding hydrogens is 326 g/mol. The minimum Gasteiger partial charge on any atom is -0.493 e. The fourth-order valence-corrected chi connectivity index (χ4v) is 3.66. The summed E-state index contributed by atoms with van der Waals surface area (Å²) in [5.74, 6) is 1.13. The van der Waals surface area contributed by atoms with E-state index in [-0.39, 0.29) is 5.78 Å². The van der Waals surface area contributed by atoms with E-state index in [2.05, 4.69) is 0 Å². The zero-order valence-corrected chi connectivity index (χ0v) is 14.4. The Morgan fingerprint density at radius 3 is 2.17 bits per heavy atom. The van der Waals surface area contributed by atoms with Gasteiger partial charge in [0.1, 0.15) is 0 Å². The molecule has 3 rings (SSSR count). The molecule has 1 aromatic heterocycles. The summed E-state index contributed by atoms with van der Waals surface area (Å²) in [7, 11) is 4.55. The van der Waals surface area contributed by atoms with E-state index in [1.807, 2.05) is 24.3 Å². The summed E-state index contributed by atoms with van der Waals surface area (Å²) in [6.45, 7) is 0. The lowest BCUT2D eigenvalue weighted by atomic mass is 10.1. The largest absolute Gasteiger partial charge is 0.493 e. The van der Waals surface area contributed by atoms with Gasteiger partial charge in [-0.05, 0) is 18.2 Å². The summed E-state index contributed by atoms with van der Waals surface area (Å²) in [6.07, 6.45) is 0. The van der Waals surface area contributed by atoms with Gasteiger partial charge in [-0.25, -0.2) is 0 Å². The van der Waals surface area contributed by atoms with Crippen LogP contribution in [0.3, 0.4) is 0 Å². The molecule has 2 N–H and O–H groups in total. The number of ketones is 1. The molecule has 0 aliphatic rings. The average Bonchev–Trinajstić information content (AvgIpc) is 2.96. The molecule has 0 fully saturated rings. The predicted molar refractivity (Wildman–Crippen MR) is 95.8 cm³/mol. The van der Waals surface area contributed by atoms with Crippen LogP contribution in [-0.4, -0.2) is 27.1 Å². The number of hydrogen-bond acceptors (Lipinski definition) is 6. The number of ether oxygens (including phenoxy) is 3. The van der Waals surface area contributed by atoms with Crippen LogP contribution in [0.5, 0.6) is 17.2 Å². The Morgan fingerprint density at radius 1 is 1.00 bits per heavy atom. The van der Waals surface area contributed by atoms with Gasteiger partial charge in [-0.3, -0.25) is 4.79 Å². The number of nitrogen functional groups attached to an aromatic ring is 1. The van der Waals surface area contributed by atoms with E-state index in [0.29, 0.717) is 33.4 Å². The second-order valence-corrected chi connectivity index (χ2v) is 6.14. The fourth-order valence-electron chi connectivity index (χ4n) is 2.58. The highest BCUT2D eigenvalue weighted by atomic mass is 32.1. The zero-order chi connectivity index (χ0) is 17.3. The normalized spacial score (nSPS) is 10.6. The first-order valence-electron chi connectivity index (χ1n) is 7.22. The lowest BCUT2D eigenvalue weighted by molar-refractivity contribution is 0.104. The number of carbonyl (C=O) groups excluding carboxylic acids is 1. The highest BCUT2D eigenvalue weighted by Crippen LogP contribution is 2.40. The molecule has 6 heteroatoms. The van der Waals surface area contributed by atoms with Gasteiger partial charge in [0.2, 0.25) is 11.5 Å². The van der Waals surface area contributed by atoms with Crippen molar-refractivity contribution in [3.05, 3.63) is 46.8 Å². The molecule has 0 aliphatic carbocycles. The lowest BCUT2D eigenvalue weighted by Gasteiger charge is -2.13. The van der Waals surface area contributed by atoms with Gasteiger partial charge in [-0.2, -0.15) is 0 Å². The van der Waals surface area contributed by atoms with Crippen LogP contribution in [0.15, 0.2) is 36.4 Å². The van der Waals surface area contributed by atoms with Gasteiger partial charge in [0.25, 0.3) is 0 Å². The van der Waals surface area contributed by atoms with E-state index in [1.54, 1.807) is 12.1 Å². The first kappa shape index (κ1) is 16.1. The van der Waals surface area contributed by atoms with Crippen LogP contribution in [0.1, 0.15) is 15.2 Å². The lowest BCUT2D eigenvalue weighted by Crippen LogP contribution is -2.04. The summed E-state index contributed by atoms with van der Waals surface area (Å²) >= 11 is 1.38. The molecule has 3 aromatic rings. The van der Waals surface area contributed by atoms with Crippen molar-refractivity contribution in [3.8, 4) is 17.2 Å². The van der Waals surface area contributed by atoms with Crippen molar-refractivity contribution in [1.82, 2.24) is 0 Å². The van der Waals surface area contributed by atoms with E-state index < -0.39 is 0 Å². The number of nitrogens with two attached hydrogens (primary N) is 1. The Hall–Kier alpha value is -2.73. The monoisotopic (exact) mass is 343 g/mol. The summed E-state index contributed by atoms with van der Waals surface area (Å²) in [4.78, 5) is 13.5. The Labute approximate surface area is 143 Å². The second kappa shape index (κ2) is 6.41. The third-order valence-corrected chi connectivity index (χ3v) is 4.95. The third-order valence-electron chi connectivity index (χ3n) is 3.77. The Balaban J connectivity index is 2.13. The molecule has 0 aliphatic heterocycles. The summed E-state index contributed by atoms with van der Waals surface area (Å²) in [6, 6.07) is 10.9. The van der Waals surface area contributed by atoms with E-state index in [1.165, 1.54) is 32.7 Å². The quantitative estimate of drug-likeness (QED) is 0.715. The van der Waals surface area contributed by atoms with Crippen molar-refractivity contribution in [2.75, 3.05) is 27.1 Å². The van der Waals surface area contributed by atoms with Gasteiger partial charge in [0, 0.05) is 15.6 Å². The third kappa shape index (κ3) is 2.55. The SMILES string of the molecule is COc1cc(C(=O)c2sc3ccccc3c2N)cc(OC)c1OC. The molecule has 0 amide bonds. The van der Waals surface area contributed by atoms with E-state index in [4.69, 9.17) is 19.9 Å². The van der Waals surface area contributed by atoms with Crippen molar-refractivity contribution in [3.63, 3.8) is 0 Å². The minimum absolute atomic E-state index is 0.173. The molecule has 0 saturated carbocycles. The second-order valence-electron chi connectivity index (χ2n) is 5.08. The van der Waals surface area contributed by atoms with Crippen LogP contribution < -0.4 is 19.9 Å². The first-order chi connectivity index (χ1) is 11.6. The Morgan fingerprint density at radius 2 is 1.62 bits per heavy atom. The van der Waals surface area contributed by atoms with Crippen molar-refractivity contribution in [2.24, 2.45) is 0 Å². The molecule has 2 aromatic carbocycles. The molecule has 0 unspecified atom stereocenters. The van der Waals surface area contributed by atoms with Gasteiger partial charge >= 0.3 is 0 Å². The topological polar surface area (TPSA) is 70.8 Å². The van der Waals surface area contributed by atoms with E-state index in [0.717, 1.165) is 10.1 Å². The van der Waals surface area contributed by atoms with Gasteiger partial charge < -0.3 is 19.9 Å². The fraction of sp³-hybridized carbons (Fsp3) is 0.167. The molecule has 1 heterocycles. The number of methoxy groups -OCH3 is 3. The number of hydrogen-bond donors (Lipinski definition) is 1. The maximum Gasteiger partial charge on any atom is 0.205 e. The van der Waals surface area contributed by atoms with Crippen LogP contribution in [0, 0.1) is 0 Å². The maximum atomic E-state index is 13.0. The molecular formula is C18H17NO4S. The molecule has 24 heavy (non-hydrogen) atoms. The van der Waals surface area contributed by atoms with Crippen molar-refractivity contribution >= 4 is 32.9 Å². The molecule has 0 atom stereocenters. The van der Waals surface area contributed by atoms with Crippen LogP contribution in [0.2, 0.25) is 0 Å². The summed E-state index contributed by atoms with van der Waals surface area (Å²) < 4.78 is 16.9. The van der Waals surface area contributed by atoms with Gasteiger partial charge in [-0.1, -0.05) is 18.2 Å². The van der Waals surface area contributed by atoms with Crippen LogP contribution in [0.4, 0.5) is 5.69 Å². The molecule has 0 radical (unpaired) electrons. The van der Waals surface area contributed by atoms with Gasteiger partial charge in [0.05, 0.1) is 31.9 Å². The average molecular weight is 343 g/mol. The predicted octanol–water partition coefficient (Wildman–Crippen LogP) is 3.74. The summed E-state index contributed by atoms with van der Waals surface area (Å²) in [5.41, 5.74) is 7.10. The molecule has 0 spiro atoms. The highest BCUT2D eigenvalue weighted by Gasteiger charge is 2.22. The summed E-state index contributed by atoms with van der Waals surface area (Å²) in [5, 5.41) is 0.887. The first-order valence-corrected chi connectivity index (χ1v) is 8.04. The molecule has 124 valence electrons. The number of carbonyl (C=O) groups is 1. The molecule has 0 bridgehead atoms. The van der Waals surface area contributed by atoms with Crippen LogP contribution in [0.25, 0.3) is 10.1 Å². The van der Waals surface area contributed by atoms with E-state index >= 15 is 0 Å². The van der Waals surface area contributed by atoms with Crippen molar-refractivity contribution in [2.45, 2.75) is 0 Å². The zero-order valence-electron chi connectivity index (χ0n) is 13.6. The van der Waals surface area contributed by atoms with Crippen LogP contribution in [-0.2, 0) is 0 Å². The number of thiophene rings is 1. The minimum atomic E-state index is -0.173. The standard InChI is InChI=1S/C18H17NO4S/c1-21-12-8-10(9-13(22-2)17(12)23-3)16(20)18-15(19)11-6-4-5-7-14(11)24-18/h4-9H,19H2,1-3H3. The number of anilines is 1. The highest BCUT2D eigenvalue weighted by molar-refractivity contribution is 7.21. The Bertz CT molecular complexity index is 892. The number of rotatable bonds is 5. The van der Waals surface area contributed by atoms with E-state index in [9.17, 15) is 4.79 Å². The number of benzene rings is 2. The van der Waals surface area contributed by atoms with Crippen LogP contribution >= 0.6 is 11.3 Å². The smallest absolute Gasteiger partial charge is 0.205 e.